The van der Waals surface area contributed by atoms with E-state index in [1.165, 1.54) is 5.56 Å². The van der Waals surface area contributed by atoms with Crippen LogP contribution >= 0.6 is 0 Å². The van der Waals surface area contributed by atoms with Gasteiger partial charge in [0.15, 0.2) is 0 Å². The molecule has 0 heterocycles. The van der Waals surface area contributed by atoms with Gasteiger partial charge in [-0.3, -0.25) is 0 Å². The first-order valence-electron chi connectivity index (χ1n) is 5.55. The number of rotatable bonds is 5. The molecular formula is C13H21NO. The second-order valence-corrected chi connectivity index (χ2v) is 4.11. The average Bonchev–Trinajstić information content (AvgIpc) is 2.28. The first-order valence-corrected chi connectivity index (χ1v) is 5.55. The maximum Gasteiger partial charge on any atom is 0.119 e. The van der Waals surface area contributed by atoms with Crippen LogP contribution in [0.1, 0.15) is 25.8 Å². The van der Waals surface area contributed by atoms with Gasteiger partial charge in [-0.25, -0.2) is 0 Å². The summed E-state index contributed by atoms with van der Waals surface area (Å²) < 4.78 is 5.18. The third-order valence-corrected chi connectivity index (χ3v) is 2.98. The van der Waals surface area contributed by atoms with Crippen molar-refractivity contribution in [2.45, 2.75) is 32.7 Å². The Morgan fingerprint density at radius 3 is 2.73 bits per heavy atom. The number of hydrogen-bond acceptors (Lipinski definition) is 2. The van der Waals surface area contributed by atoms with Crippen LogP contribution in [0, 0.1) is 5.92 Å². The molecule has 0 saturated carbocycles. The van der Waals surface area contributed by atoms with Gasteiger partial charge in [0.2, 0.25) is 0 Å². The Balaban J connectivity index is 2.63. The largest absolute Gasteiger partial charge is 0.497 e. The van der Waals surface area contributed by atoms with Crippen LogP contribution in [0.15, 0.2) is 24.3 Å². The van der Waals surface area contributed by atoms with Crippen molar-refractivity contribution in [3.05, 3.63) is 29.8 Å². The highest BCUT2D eigenvalue weighted by Gasteiger charge is 2.11. The van der Waals surface area contributed by atoms with Crippen LogP contribution in [0.4, 0.5) is 0 Å². The maximum atomic E-state index is 6.11. The second-order valence-electron chi connectivity index (χ2n) is 4.11. The summed E-state index contributed by atoms with van der Waals surface area (Å²) in [5.41, 5.74) is 7.36. The van der Waals surface area contributed by atoms with Crippen LogP contribution < -0.4 is 10.5 Å². The molecule has 2 unspecified atom stereocenters. The molecule has 0 amide bonds. The van der Waals surface area contributed by atoms with Gasteiger partial charge in [0.25, 0.3) is 0 Å². The van der Waals surface area contributed by atoms with Gasteiger partial charge in [0.1, 0.15) is 5.75 Å². The lowest BCUT2D eigenvalue weighted by molar-refractivity contribution is 0.412. The Kier molecular flexibility index (Phi) is 4.63. The number of benzene rings is 1. The Bertz CT molecular complexity index is 298. The van der Waals surface area contributed by atoms with Crippen LogP contribution in [-0.4, -0.2) is 13.2 Å². The molecule has 0 aromatic heterocycles. The monoisotopic (exact) mass is 207 g/mol. The molecule has 0 bridgehead atoms. The quantitative estimate of drug-likeness (QED) is 0.805. The average molecular weight is 207 g/mol. The summed E-state index contributed by atoms with van der Waals surface area (Å²) in [4.78, 5) is 0. The molecule has 0 radical (unpaired) electrons. The van der Waals surface area contributed by atoms with Crippen LogP contribution in [0.25, 0.3) is 0 Å². The third kappa shape index (κ3) is 3.56. The van der Waals surface area contributed by atoms with E-state index in [2.05, 4.69) is 26.0 Å². The summed E-state index contributed by atoms with van der Waals surface area (Å²) in [5, 5.41) is 0. The van der Waals surface area contributed by atoms with Gasteiger partial charge < -0.3 is 10.5 Å². The Morgan fingerprint density at radius 1 is 1.40 bits per heavy atom. The van der Waals surface area contributed by atoms with Crippen LogP contribution in [0.2, 0.25) is 0 Å². The van der Waals surface area contributed by atoms with Crippen molar-refractivity contribution in [2.75, 3.05) is 7.11 Å². The minimum Gasteiger partial charge on any atom is -0.497 e. The molecule has 0 spiro atoms. The van der Waals surface area contributed by atoms with E-state index < -0.39 is 0 Å². The molecule has 1 aromatic carbocycles. The van der Waals surface area contributed by atoms with Crippen LogP contribution in [-0.2, 0) is 6.42 Å². The molecule has 2 nitrogen and oxygen atoms in total. The fourth-order valence-corrected chi connectivity index (χ4v) is 1.58. The summed E-state index contributed by atoms with van der Waals surface area (Å²) >= 11 is 0. The molecule has 0 aliphatic rings. The van der Waals surface area contributed by atoms with Gasteiger partial charge in [-0.2, -0.15) is 0 Å². The molecule has 2 heteroatoms. The summed E-state index contributed by atoms with van der Waals surface area (Å²) in [6, 6.07) is 8.37. The lowest BCUT2D eigenvalue weighted by atomic mass is 9.94. The van der Waals surface area contributed by atoms with Crippen molar-refractivity contribution in [2.24, 2.45) is 11.7 Å². The summed E-state index contributed by atoms with van der Waals surface area (Å²) in [5.74, 6) is 1.47. The fourth-order valence-electron chi connectivity index (χ4n) is 1.58. The van der Waals surface area contributed by atoms with E-state index in [1.54, 1.807) is 7.11 Å². The van der Waals surface area contributed by atoms with E-state index in [-0.39, 0.29) is 6.04 Å². The molecule has 0 fully saturated rings. The summed E-state index contributed by atoms with van der Waals surface area (Å²) in [7, 11) is 1.69. The zero-order valence-electron chi connectivity index (χ0n) is 9.86. The maximum absolute atomic E-state index is 6.11. The van der Waals surface area contributed by atoms with E-state index in [4.69, 9.17) is 10.5 Å². The highest BCUT2D eigenvalue weighted by Crippen LogP contribution is 2.16. The van der Waals surface area contributed by atoms with Crippen molar-refractivity contribution >= 4 is 0 Å². The standard InChI is InChI=1S/C13H21NO/c1-4-10(2)13(14)9-11-6-5-7-12(8-11)15-3/h5-8,10,13H,4,9,14H2,1-3H3. The SMILES string of the molecule is CCC(C)C(N)Cc1cccc(OC)c1. The number of nitrogens with two attached hydrogens (primary N) is 1. The van der Waals surface area contributed by atoms with E-state index in [1.807, 2.05) is 12.1 Å². The normalized spacial score (nSPS) is 14.7. The predicted octanol–water partition coefficient (Wildman–Crippen LogP) is 2.61. The van der Waals surface area contributed by atoms with E-state index in [9.17, 15) is 0 Å². The number of ether oxygens (including phenoxy) is 1. The molecule has 0 aliphatic carbocycles. The smallest absolute Gasteiger partial charge is 0.119 e. The molecule has 2 atom stereocenters. The van der Waals surface area contributed by atoms with Gasteiger partial charge in [0, 0.05) is 6.04 Å². The van der Waals surface area contributed by atoms with Gasteiger partial charge >= 0.3 is 0 Å². The van der Waals surface area contributed by atoms with Crippen molar-refractivity contribution < 1.29 is 4.74 Å². The van der Waals surface area contributed by atoms with Gasteiger partial charge in [-0.05, 0) is 30.0 Å². The van der Waals surface area contributed by atoms with E-state index >= 15 is 0 Å². The summed E-state index contributed by atoms with van der Waals surface area (Å²) in [6.07, 6.45) is 2.05. The zero-order chi connectivity index (χ0) is 11.3. The zero-order valence-corrected chi connectivity index (χ0v) is 9.86. The lowest BCUT2D eigenvalue weighted by Gasteiger charge is -2.18. The highest BCUT2D eigenvalue weighted by molar-refractivity contribution is 5.28. The van der Waals surface area contributed by atoms with E-state index in [0.29, 0.717) is 5.92 Å². The van der Waals surface area contributed by atoms with Gasteiger partial charge in [-0.1, -0.05) is 32.4 Å². The molecule has 0 saturated heterocycles. The van der Waals surface area contributed by atoms with Gasteiger partial charge in [0.05, 0.1) is 7.11 Å². The van der Waals surface area contributed by atoms with E-state index in [0.717, 1.165) is 18.6 Å². The third-order valence-electron chi connectivity index (χ3n) is 2.98. The van der Waals surface area contributed by atoms with Crippen molar-refractivity contribution in [3.8, 4) is 5.75 Å². The Hall–Kier alpha value is -1.02. The number of hydrogen-bond donors (Lipinski definition) is 1. The second kappa shape index (κ2) is 5.76. The Labute approximate surface area is 92.4 Å². The fraction of sp³-hybridized carbons (Fsp3) is 0.538. The molecule has 1 aromatic rings. The minimum absolute atomic E-state index is 0.238. The molecule has 2 N–H and O–H groups in total. The molecule has 84 valence electrons. The first-order chi connectivity index (χ1) is 7.17. The highest BCUT2D eigenvalue weighted by atomic mass is 16.5. The Morgan fingerprint density at radius 2 is 2.13 bits per heavy atom. The molecule has 15 heavy (non-hydrogen) atoms. The van der Waals surface area contributed by atoms with Gasteiger partial charge in [-0.15, -0.1) is 0 Å². The van der Waals surface area contributed by atoms with Crippen molar-refractivity contribution in [1.29, 1.82) is 0 Å². The van der Waals surface area contributed by atoms with Crippen molar-refractivity contribution in [3.63, 3.8) is 0 Å². The first kappa shape index (κ1) is 12.1. The van der Waals surface area contributed by atoms with Crippen LogP contribution in [0.5, 0.6) is 5.75 Å². The lowest BCUT2D eigenvalue weighted by Crippen LogP contribution is -2.30. The topological polar surface area (TPSA) is 35.2 Å². The van der Waals surface area contributed by atoms with Crippen molar-refractivity contribution in [1.82, 2.24) is 0 Å². The number of methoxy groups -OCH3 is 1. The molecular weight excluding hydrogens is 186 g/mol. The molecule has 1 rings (SSSR count). The minimum atomic E-state index is 0.238. The molecule has 0 aliphatic heterocycles. The predicted molar refractivity (Wildman–Crippen MR) is 64.1 cm³/mol. The van der Waals surface area contributed by atoms with Crippen LogP contribution in [0.3, 0.4) is 0 Å². The summed E-state index contributed by atoms with van der Waals surface area (Å²) in [6.45, 7) is 4.38.